The van der Waals surface area contributed by atoms with Crippen molar-refractivity contribution in [1.29, 1.82) is 0 Å². The molecule has 1 amide bonds. The maximum absolute atomic E-state index is 12.2. The van der Waals surface area contributed by atoms with Crippen molar-refractivity contribution in [3.05, 3.63) is 196 Å². The minimum atomic E-state index is -1.67. The Balaban J connectivity index is 0.000000593. The molecule has 0 saturated carbocycles. The molecule has 0 aliphatic heterocycles. The van der Waals surface area contributed by atoms with Gasteiger partial charge in [0.25, 0.3) is 11.5 Å². The highest BCUT2D eigenvalue weighted by Crippen LogP contribution is 2.37. The smallest absolute Gasteiger partial charge is 0.369 e. The van der Waals surface area contributed by atoms with Gasteiger partial charge in [-0.25, -0.2) is 58.3 Å². The van der Waals surface area contributed by atoms with E-state index in [0.717, 1.165) is 21.0 Å². The number of thiazole rings is 2. The van der Waals surface area contributed by atoms with E-state index in [1.54, 1.807) is 37.4 Å². The second kappa shape index (κ2) is 50.9. The van der Waals surface area contributed by atoms with Gasteiger partial charge in [-0.2, -0.15) is 15.0 Å². The molecule has 10 aromatic rings. The van der Waals surface area contributed by atoms with Crippen molar-refractivity contribution in [3.63, 3.8) is 0 Å². The van der Waals surface area contributed by atoms with Gasteiger partial charge in [-0.15, -0.1) is 117 Å². The number of nitrogens with zero attached hydrogens (tertiary/aromatic N) is 13. The molecule has 99 heavy (non-hydrogen) atoms. The van der Waals surface area contributed by atoms with Crippen LogP contribution in [0.1, 0.15) is 20.7 Å². The lowest BCUT2D eigenvalue weighted by atomic mass is 10.2. The number of anilines is 2. The van der Waals surface area contributed by atoms with Crippen LogP contribution in [0.4, 0.5) is 34.1 Å². The lowest BCUT2D eigenvalue weighted by Crippen LogP contribution is -2.13. The first kappa shape index (κ1) is 91.6. The molecule has 0 radical (unpaired) electrons. The van der Waals surface area contributed by atoms with E-state index in [0.29, 0.717) is 54.1 Å². The Labute approximate surface area is 668 Å². The largest absolute Gasteiger partial charge is 0.479 e. The molecular formula is C54H36BBr3Cl14N16O8S3. The van der Waals surface area contributed by atoms with Gasteiger partial charge < -0.3 is 35.4 Å². The van der Waals surface area contributed by atoms with Crippen LogP contribution < -0.4 is 30.8 Å². The summed E-state index contributed by atoms with van der Waals surface area (Å²) < 4.78 is 24.3. The number of hydrogen-bond acceptors (Lipinski definition) is 19. The van der Waals surface area contributed by atoms with Gasteiger partial charge in [-0.05, 0) is 30.3 Å². The first-order valence-electron chi connectivity index (χ1n) is 24.7. The van der Waals surface area contributed by atoms with Crippen LogP contribution >= 0.6 is 231 Å². The third kappa shape index (κ3) is 32.6. The zero-order valence-electron chi connectivity index (χ0n) is 49.3. The van der Waals surface area contributed by atoms with E-state index in [1.165, 1.54) is 98.6 Å². The highest BCUT2D eigenvalue weighted by molar-refractivity contribution is 9.69. The molecule has 10 rings (SSSR count). The summed E-state index contributed by atoms with van der Waals surface area (Å²) in [6, 6.07) is 18.7. The Morgan fingerprint density at radius 1 is 0.586 bits per heavy atom. The number of nitrogen functional groups attached to an aromatic ring is 1. The van der Waals surface area contributed by atoms with Crippen LogP contribution in [0.2, 0.25) is 30.4 Å². The number of aromatic amines is 1. The molecule has 0 fully saturated rings. The summed E-state index contributed by atoms with van der Waals surface area (Å²) in [4.78, 5) is 87.0. The number of aromatic nitrogens is 10. The molecule has 5 N–H and O–H groups in total. The Bertz CT molecular complexity index is 4550. The topological polar surface area (TPSA) is 303 Å². The van der Waals surface area contributed by atoms with Gasteiger partial charge in [0.15, 0.2) is 31.0 Å². The predicted octanol–water partition coefficient (Wildman–Crippen LogP) is 21.6. The number of ether oxygens (including phenoxy) is 3. The number of carbonyl (C=O) groups is 2. The summed E-state index contributed by atoms with van der Waals surface area (Å²) in [6.45, 7) is 27.8. The molecule has 24 nitrogen and oxygen atoms in total. The van der Waals surface area contributed by atoms with Gasteiger partial charge in [0.1, 0.15) is 40.4 Å². The molecule has 520 valence electrons. The summed E-state index contributed by atoms with van der Waals surface area (Å²) in [6.07, 6.45) is 5.29. The Kier molecular flexibility index (Phi) is 47.1. The lowest BCUT2D eigenvalue weighted by Gasteiger charge is -2.10. The third-order valence-corrected chi connectivity index (χ3v) is 13.9. The summed E-state index contributed by atoms with van der Waals surface area (Å²) in [5, 5.41) is 14.7. The van der Waals surface area contributed by atoms with Crippen LogP contribution in [0.3, 0.4) is 0 Å². The highest BCUT2D eigenvalue weighted by atomic mass is 79.9. The van der Waals surface area contributed by atoms with Gasteiger partial charge in [0, 0.05) is 63.7 Å². The fraction of sp³-hybridized carbons (Fsp3) is 0.111. The Hall–Kier alpha value is -5.41. The second-order valence-corrected chi connectivity index (χ2v) is 31.4. The summed E-state index contributed by atoms with van der Waals surface area (Å²) >= 11 is 75.3. The number of carboxylic acids is 1. The maximum atomic E-state index is 12.2. The number of carbonyl (C=O) groups excluding carboxylic acids is 1. The molecular weight excluding hydrogens is 1840 g/mol. The van der Waals surface area contributed by atoms with Gasteiger partial charge in [0.05, 0.1) is 70.0 Å². The molecule has 0 bridgehead atoms. The van der Waals surface area contributed by atoms with Crippen LogP contribution in [-0.2, 0) is 9.23 Å². The molecule has 6 aromatic heterocycles. The molecule has 4 aromatic carbocycles. The van der Waals surface area contributed by atoms with Crippen molar-refractivity contribution in [3.8, 4) is 38.8 Å². The van der Waals surface area contributed by atoms with Crippen LogP contribution in [-0.4, -0.2) is 112 Å². The van der Waals surface area contributed by atoms with Crippen LogP contribution in [0.5, 0.6) is 17.6 Å². The summed E-state index contributed by atoms with van der Waals surface area (Å²) in [5.41, 5.74) is 9.51. The number of hydrogen-bond donors (Lipinski definition) is 4. The lowest BCUT2D eigenvalue weighted by molar-refractivity contribution is 0.0696. The Morgan fingerprint density at radius 2 is 0.949 bits per heavy atom. The number of halogens is 17. The monoisotopic (exact) mass is 1870 g/mol. The number of methoxy groups -OCH3 is 3. The number of H-pyrrole nitrogens is 1. The number of benzene rings is 4. The average molecular weight is 1880 g/mol. The summed E-state index contributed by atoms with van der Waals surface area (Å²) in [5.74, 6) is -0.650. The van der Waals surface area contributed by atoms with Gasteiger partial charge >= 0.3 is 9.15 Å². The van der Waals surface area contributed by atoms with E-state index in [1.807, 2.05) is 6.07 Å². The molecule has 0 spiro atoms. The minimum Gasteiger partial charge on any atom is -0.479 e. The van der Waals surface area contributed by atoms with Crippen molar-refractivity contribution >= 4 is 310 Å². The number of nitrogens with one attached hydrogen (secondary N) is 2. The molecule has 0 aliphatic carbocycles. The van der Waals surface area contributed by atoms with Crippen LogP contribution in [0.25, 0.3) is 61.2 Å². The van der Waals surface area contributed by atoms with Crippen molar-refractivity contribution < 1.29 is 33.1 Å². The van der Waals surface area contributed by atoms with E-state index in [2.05, 4.69) is 143 Å². The fourth-order valence-electron chi connectivity index (χ4n) is 6.15. The van der Waals surface area contributed by atoms with Crippen molar-refractivity contribution in [1.82, 2.24) is 49.8 Å². The average Bonchev–Trinajstić information content (AvgIpc) is 1.67. The molecule has 0 atom stereocenters. The van der Waals surface area contributed by atoms with Crippen LogP contribution in [0.15, 0.2) is 103 Å². The van der Waals surface area contributed by atoms with Crippen LogP contribution in [0, 0.1) is 26.3 Å². The maximum Gasteiger partial charge on any atom is 0.369 e. The van der Waals surface area contributed by atoms with E-state index in [9.17, 15) is 14.4 Å². The highest BCUT2D eigenvalue weighted by Gasteiger charge is 2.18. The number of alkyl halides is 6. The first-order chi connectivity index (χ1) is 47.1. The Morgan fingerprint density at radius 3 is 1.36 bits per heavy atom. The zero-order valence-corrected chi connectivity index (χ0v) is 67.1. The van der Waals surface area contributed by atoms with Crippen molar-refractivity contribution in [2.75, 3.05) is 48.4 Å². The molecule has 6 heterocycles. The molecule has 0 aliphatic rings. The number of nitrogens with two attached hydrogens (primary N) is 1. The SMILES string of the molecule is BrB(Br)Br.COc1ncnc(Cl)c1N.ClCCl.ClCCl.ClCCl.O=S(Cl)Cl.[C-]#[N+]c1cc(-c2nc3c(=O)[nH]cnc3s2)ccc1Cl.[C-]#[N+]c1cc(-c2nc3c(OC)ncnc3s2)ccc1Cl.[C-]#[N+]c1cc(C(=O)Nc2c(Cl)ncnc2OC)ccc1Cl.[C-]#[N+]c1cc(C(=O)O)ccc1Cl. The standard InChI is InChI=1S/C13H8Cl2N4O2.C13H7ClN4OS.C12H5ClN4OS.C8H4ClNO2.C5H6ClN3O.3CH2Cl2.BBr3.Cl2OS/c1-16-9-5-7(3-4-8(9)14)12(20)19-10-11(15)17-6-18-13(10)21-2;1-15-9-5-7(3-4-8(9)14)12-18-10-11(19-2)16-6-17-13(10)20-12;1-14-8-4-6(2-3-7(8)13)11-17-9-10(18)15-5-16-12(9)19-11;1-10-7-4-5(8(11)12)2-3-6(7)9;1-10-5-3(7)4(6)8-2-9-5;3*2-1-3;2-1(3)4;1-4(2)3/h3-6H,2H3,(H,19,20);3-6H,2H3;2-5H,(H,15,16,18);2-4H,(H,11,12);2H,7H2,1H3;3*1H2;;. The van der Waals surface area contributed by atoms with Crippen molar-refractivity contribution in [2.45, 2.75) is 0 Å². The number of amides is 1. The third-order valence-electron chi connectivity index (χ3n) is 10.0. The van der Waals surface area contributed by atoms with Gasteiger partial charge in [-0.1, -0.05) is 135 Å². The molecule has 0 saturated heterocycles. The fourth-order valence-corrected chi connectivity index (χ4v) is 8.88. The van der Waals surface area contributed by atoms with E-state index >= 15 is 0 Å². The zero-order chi connectivity index (χ0) is 74.9. The molecule has 0 unspecified atom stereocenters. The molecule has 45 heteroatoms. The van der Waals surface area contributed by atoms with E-state index in [4.69, 9.17) is 195 Å². The quantitative estimate of drug-likeness (QED) is 0.0361. The first-order valence-corrected chi connectivity index (χ1v) is 37.3. The number of rotatable bonds is 8. The normalized spacial score (nSPS) is 9.42. The van der Waals surface area contributed by atoms with Gasteiger partial charge in [0.2, 0.25) is 49.6 Å². The predicted molar refractivity (Wildman–Crippen MR) is 417 cm³/mol. The number of fused-ring (bicyclic) bond motifs is 2. The second-order valence-electron chi connectivity index (χ2n) is 15.7. The summed E-state index contributed by atoms with van der Waals surface area (Å²) in [7, 11) is 11.8. The number of carboxylic acid groups (broad SMARTS) is 1. The van der Waals surface area contributed by atoms with Crippen molar-refractivity contribution in [2.24, 2.45) is 0 Å². The van der Waals surface area contributed by atoms with E-state index in [-0.39, 0.29) is 84.9 Å². The minimum absolute atomic E-state index is 0.0505. The van der Waals surface area contributed by atoms with Gasteiger partial charge in [-0.3, -0.25) is 9.59 Å². The number of aromatic carboxylic acids is 1. The van der Waals surface area contributed by atoms with E-state index < -0.39 is 21.1 Å².